The lowest BCUT2D eigenvalue weighted by Crippen LogP contribution is -2.17. The minimum atomic E-state index is -0.751. The van der Waals surface area contributed by atoms with Crippen molar-refractivity contribution in [2.24, 2.45) is 5.73 Å². The summed E-state index contributed by atoms with van der Waals surface area (Å²) in [6.07, 6.45) is 3.08. The lowest BCUT2D eigenvalue weighted by molar-refractivity contribution is 0.101. The summed E-state index contributed by atoms with van der Waals surface area (Å²) in [5.74, 6) is -1.24. The molecule has 0 fully saturated rings. The third kappa shape index (κ3) is 5.88. The molecule has 0 aliphatic carbocycles. The average molecular weight is 511 g/mol. The van der Waals surface area contributed by atoms with Gasteiger partial charge in [0.15, 0.2) is 5.82 Å². The second-order valence-electron chi connectivity index (χ2n) is 7.92. The third-order valence-electron chi connectivity index (χ3n) is 5.11. The molecule has 0 saturated heterocycles. The summed E-state index contributed by atoms with van der Waals surface area (Å²) >= 11 is 0. The van der Waals surface area contributed by atoms with Crippen molar-refractivity contribution in [1.29, 1.82) is 0 Å². The van der Waals surface area contributed by atoms with Gasteiger partial charge in [-0.05, 0) is 61.9 Å². The van der Waals surface area contributed by atoms with Crippen LogP contribution in [0.2, 0.25) is 0 Å². The smallest absolute Gasteiger partial charge is 0.274 e. The molecule has 0 bridgehead atoms. The normalized spacial score (nSPS) is 10.6. The molecule has 0 aliphatic rings. The largest absolute Gasteiger partial charge is 0.326 e. The van der Waals surface area contributed by atoms with Crippen molar-refractivity contribution in [2.75, 3.05) is 10.6 Å². The van der Waals surface area contributed by atoms with E-state index in [9.17, 15) is 14.0 Å². The highest BCUT2D eigenvalue weighted by Gasteiger charge is 2.17. The maximum atomic E-state index is 14.5. The van der Waals surface area contributed by atoms with Crippen LogP contribution in [0.1, 0.15) is 46.3 Å². The molecular weight excluding hydrogens is 487 g/mol. The Balaban J connectivity index is 0.00000361. The van der Waals surface area contributed by atoms with Gasteiger partial charge in [-0.3, -0.25) is 14.6 Å². The van der Waals surface area contributed by atoms with Gasteiger partial charge in [-0.25, -0.2) is 9.37 Å². The molecule has 0 radical (unpaired) electrons. The van der Waals surface area contributed by atoms with Gasteiger partial charge in [-0.2, -0.15) is 0 Å². The molecule has 0 saturated carbocycles. The van der Waals surface area contributed by atoms with Crippen LogP contribution in [0.3, 0.4) is 0 Å². The summed E-state index contributed by atoms with van der Waals surface area (Å²) in [5.41, 5.74) is 6.97. The summed E-state index contributed by atoms with van der Waals surface area (Å²) < 4.78 is 16.3. The van der Waals surface area contributed by atoms with Crippen molar-refractivity contribution < 1.29 is 14.0 Å². The fraction of sp³-hybridized carbons (Fsp3) is 0.167. The number of pyridine rings is 2. The standard InChI is InChI=1S/C24H23FN8O2.ClH/c1-14(2)33-13-28-32-22(33)19-4-3-5-21(30-19)31-23(34)17-11-16(6-7-18(17)25)29-24(35)20-10-15(12-26)8-9-27-20;/h3-11,13-14H,12,26H2,1-2H3,(H,29,35)(H,30,31,34);1H. The van der Waals surface area contributed by atoms with Crippen LogP contribution in [0.4, 0.5) is 15.9 Å². The molecule has 4 aromatic rings. The van der Waals surface area contributed by atoms with E-state index < -0.39 is 17.6 Å². The van der Waals surface area contributed by atoms with Crippen molar-refractivity contribution in [1.82, 2.24) is 24.7 Å². The monoisotopic (exact) mass is 510 g/mol. The first kappa shape index (κ1) is 26.4. The van der Waals surface area contributed by atoms with Gasteiger partial charge in [0.2, 0.25) is 0 Å². The van der Waals surface area contributed by atoms with Gasteiger partial charge in [0.05, 0.1) is 5.56 Å². The second-order valence-corrected chi connectivity index (χ2v) is 7.92. The number of halogens is 2. The van der Waals surface area contributed by atoms with E-state index in [-0.39, 0.29) is 47.8 Å². The van der Waals surface area contributed by atoms with Crippen molar-refractivity contribution >= 4 is 35.7 Å². The summed E-state index contributed by atoms with van der Waals surface area (Å²) in [7, 11) is 0. The number of carbonyl (C=O) groups is 2. The number of hydrogen-bond donors (Lipinski definition) is 3. The number of nitrogens with one attached hydrogen (secondary N) is 2. The molecule has 0 atom stereocenters. The van der Waals surface area contributed by atoms with Crippen LogP contribution in [-0.2, 0) is 6.54 Å². The first-order valence-corrected chi connectivity index (χ1v) is 10.8. The molecule has 2 amide bonds. The van der Waals surface area contributed by atoms with Gasteiger partial charge in [0.1, 0.15) is 29.4 Å². The number of benzene rings is 1. The fourth-order valence-electron chi connectivity index (χ4n) is 3.31. The van der Waals surface area contributed by atoms with E-state index in [2.05, 4.69) is 30.8 Å². The van der Waals surface area contributed by atoms with Crippen LogP contribution >= 0.6 is 12.4 Å². The van der Waals surface area contributed by atoms with E-state index in [1.807, 2.05) is 18.4 Å². The molecule has 10 nitrogen and oxygen atoms in total. The van der Waals surface area contributed by atoms with Gasteiger partial charge in [0.25, 0.3) is 11.8 Å². The number of anilines is 2. The molecule has 3 aromatic heterocycles. The lowest BCUT2D eigenvalue weighted by atomic mass is 10.1. The molecule has 3 heterocycles. The zero-order valence-electron chi connectivity index (χ0n) is 19.5. The predicted octanol–water partition coefficient (Wildman–Crippen LogP) is 3.84. The molecular formula is C24H24ClFN8O2. The number of carbonyl (C=O) groups excluding carboxylic acids is 2. The van der Waals surface area contributed by atoms with E-state index in [0.29, 0.717) is 11.5 Å². The highest BCUT2D eigenvalue weighted by Crippen LogP contribution is 2.21. The van der Waals surface area contributed by atoms with Crippen molar-refractivity contribution in [2.45, 2.75) is 26.4 Å². The molecule has 36 heavy (non-hydrogen) atoms. The first-order chi connectivity index (χ1) is 16.9. The molecule has 12 heteroatoms. The van der Waals surface area contributed by atoms with E-state index in [4.69, 9.17) is 5.73 Å². The van der Waals surface area contributed by atoms with Crippen LogP contribution in [0.15, 0.2) is 61.1 Å². The van der Waals surface area contributed by atoms with Gasteiger partial charge in [-0.15, -0.1) is 22.6 Å². The maximum absolute atomic E-state index is 14.5. The molecule has 0 aliphatic heterocycles. The summed E-state index contributed by atoms with van der Waals surface area (Å²) in [6.45, 7) is 4.23. The summed E-state index contributed by atoms with van der Waals surface area (Å²) in [5, 5.41) is 13.2. The fourth-order valence-corrected chi connectivity index (χ4v) is 3.31. The van der Waals surface area contributed by atoms with Crippen LogP contribution in [0.25, 0.3) is 11.5 Å². The number of aromatic nitrogens is 5. The topological polar surface area (TPSA) is 141 Å². The summed E-state index contributed by atoms with van der Waals surface area (Å²) in [6, 6.07) is 12.1. The van der Waals surface area contributed by atoms with Crippen LogP contribution in [-0.4, -0.2) is 36.5 Å². The van der Waals surface area contributed by atoms with Crippen molar-refractivity contribution in [3.8, 4) is 11.5 Å². The van der Waals surface area contributed by atoms with Crippen LogP contribution < -0.4 is 16.4 Å². The Morgan fingerprint density at radius 3 is 2.64 bits per heavy atom. The Morgan fingerprint density at radius 2 is 1.89 bits per heavy atom. The SMILES string of the molecule is CC(C)n1cnnc1-c1cccc(NC(=O)c2cc(NC(=O)c3cc(CN)ccn3)ccc2F)n1.Cl. The number of amides is 2. The molecule has 1 aromatic carbocycles. The number of nitrogens with zero attached hydrogens (tertiary/aromatic N) is 5. The zero-order valence-corrected chi connectivity index (χ0v) is 20.3. The molecule has 4 N–H and O–H groups in total. The Labute approximate surface area is 212 Å². The summed E-state index contributed by atoms with van der Waals surface area (Å²) in [4.78, 5) is 33.8. The molecule has 0 unspecified atom stereocenters. The lowest BCUT2D eigenvalue weighted by Gasteiger charge is -2.11. The predicted molar refractivity (Wildman–Crippen MR) is 135 cm³/mol. The minimum Gasteiger partial charge on any atom is -0.326 e. The van der Waals surface area contributed by atoms with Gasteiger partial charge in [0, 0.05) is 24.5 Å². The van der Waals surface area contributed by atoms with E-state index in [1.54, 1.807) is 36.7 Å². The Hall–Kier alpha value is -4.22. The zero-order chi connectivity index (χ0) is 24.9. The minimum absolute atomic E-state index is 0. The highest BCUT2D eigenvalue weighted by molar-refractivity contribution is 6.06. The molecule has 0 spiro atoms. The highest BCUT2D eigenvalue weighted by atomic mass is 35.5. The van der Waals surface area contributed by atoms with Gasteiger partial charge < -0.3 is 20.9 Å². The second kappa shape index (κ2) is 11.5. The number of nitrogens with two attached hydrogens (primary N) is 1. The van der Waals surface area contributed by atoms with E-state index >= 15 is 0 Å². The van der Waals surface area contributed by atoms with Gasteiger partial charge in [-0.1, -0.05) is 6.07 Å². The third-order valence-corrected chi connectivity index (χ3v) is 5.11. The maximum Gasteiger partial charge on any atom is 0.274 e. The Morgan fingerprint density at radius 1 is 1.08 bits per heavy atom. The molecule has 4 rings (SSSR count). The van der Waals surface area contributed by atoms with Gasteiger partial charge >= 0.3 is 0 Å². The van der Waals surface area contributed by atoms with Crippen LogP contribution in [0.5, 0.6) is 0 Å². The van der Waals surface area contributed by atoms with Crippen LogP contribution in [0, 0.1) is 5.82 Å². The molecule has 186 valence electrons. The Kier molecular flexibility index (Phi) is 8.41. The average Bonchev–Trinajstić information content (AvgIpc) is 3.36. The van der Waals surface area contributed by atoms with Crippen molar-refractivity contribution in [3.63, 3.8) is 0 Å². The van der Waals surface area contributed by atoms with E-state index in [1.165, 1.54) is 18.3 Å². The van der Waals surface area contributed by atoms with E-state index in [0.717, 1.165) is 11.6 Å². The quantitative estimate of drug-likeness (QED) is 0.343. The van der Waals surface area contributed by atoms with Crippen molar-refractivity contribution in [3.05, 3.63) is 83.7 Å². The number of hydrogen-bond acceptors (Lipinski definition) is 7. The number of rotatable bonds is 7. The first-order valence-electron chi connectivity index (χ1n) is 10.8. The Bertz CT molecular complexity index is 1390.